The molecule has 2 fully saturated rings. The van der Waals surface area contributed by atoms with Gasteiger partial charge in [-0.3, -0.25) is 9.59 Å². The third-order valence-corrected chi connectivity index (χ3v) is 5.07. The second-order valence-electron chi connectivity index (χ2n) is 7.05. The fraction of sp³-hybridized carbons (Fsp3) is 0.579. The molecule has 1 aromatic carbocycles. The number of anilines is 1. The van der Waals surface area contributed by atoms with E-state index in [1.54, 1.807) is 24.3 Å². The van der Waals surface area contributed by atoms with Gasteiger partial charge in [0.25, 0.3) is 5.91 Å². The predicted octanol–water partition coefficient (Wildman–Crippen LogP) is 1.87. The highest BCUT2D eigenvalue weighted by Gasteiger charge is 2.28. The van der Waals surface area contributed by atoms with Crippen LogP contribution in [0.15, 0.2) is 24.3 Å². The number of rotatable bonds is 3. The number of carbonyl (C=O) groups excluding carboxylic acids is 2. The van der Waals surface area contributed by atoms with Gasteiger partial charge >= 0.3 is 0 Å². The summed E-state index contributed by atoms with van der Waals surface area (Å²) >= 11 is 0. The van der Waals surface area contributed by atoms with Crippen LogP contribution < -0.4 is 10.6 Å². The molecule has 2 amide bonds. The Morgan fingerprint density at radius 3 is 2.48 bits per heavy atom. The molecule has 2 aliphatic rings. The summed E-state index contributed by atoms with van der Waals surface area (Å²) in [7, 11) is 0. The van der Waals surface area contributed by atoms with Crippen molar-refractivity contribution < 1.29 is 14.3 Å². The van der Waals surface area contributed by atoms with Crippen molar-refractivity contribution in [3.8, 4) is 0 Å². The summed E-state index contributed by atoms with van der Waals surface area (Å²) in [5.74, 6) is 0.651. The molecule has 0 bridgehead atoms. The van der Waals surface area contributed by atoms with Gasteiger partial charge in [0.15, 0.2) is 0 Å². The molecule has 0 aromatic heterocycles. The molecule has 3 rings (SSSR count). The average molecular weight is 345 g/mol. The topological polar surface area (TPSA) is 70.7 Å². The fourth-order valence-electron chi connectivity index (χ4n) is 3.34. The number of morpholine rings is 1. The number of ether oxygens (including phenoxy) is 1. The lowest BCUT2D eigenvalue weighted by atomic mass is 9.98. The van der Waals surface area contributed by atoms with Crippen LogP contribution in [0.3, 0.4) is 0 Å². The van der Waals surface area contributed by atoms with Crippen LogP contribution in [0.25, 0.3) is 0 Å². The molecule has 0 unspecified atom stereocenters. The summed E-state index contributed by atoms with van der Waals surface area (Å²) in [5.41, 5.74) is 1.36. The van der Waals surface area contributed by atoms with Crippen molar-refractivity contribution in [1.82, 2.24) is 10.2 Å². The summed E-state index contributed by atoms with van der Waals surface area (Å²) in [4.78, 5) is 26.8. The Labute approximate surface area is 148 Å². The molecule has 2 heterocycles. The number of amides is 2. The smallest absolute Gasteiger partial charge is 0.253 e. The van der Waals surface area contributed by atoms with Gasteiger partial charge in [0.05, 0.1) is 12.7 Å². The molecule has 2 N–H and O–H groups in total. The first-order valence-corrected chi connectivity index (χ1v) is 9.10. The maximum Gasteiger partial charge on any atom is 0.253 e. The number of likely N-dealkylation sites (tertiary alicyclic amines) is 1. The summed E-state index contributed by atoms with van der Waals surface area (Å²) in [6.45, 7) is 7.05. The molecule has 2 saturated heterocycles. The first-order valence-electron chi connectivity index (χ1n) is 9.10. The van der Waals surface area contributed by atoms with E-state index in [1.807, 2.05) is 11.8 Å². The van der Waals surface area contributed by atoms with Crippen LogP contribution in [-0.4, -0.2) is 55.1 Å². The highest BCUT2D eigenvalue weighted by Crippen LogP contribution is 2.19. The van der Waals surface area contributed by atoms with Crippen molar-refractivity contribution in [2.45, 2.75) is 38.8 Å². The number of piperidine rings is 1. The maximum absolute atomic E-state index is 12.5. The van der Waals surface area contributed by atoms with Crippen LogP contribution in [0.1, 0.15) is 37.0 Å². The van der Waals surface area contributed by atoms with Crippen molar-refractivity contribution in [1.29, 1.82) is 0 Å². The molecule has 0 aliphatic carbocycles. The van der Waals surface area contributed by atoms with Gasteiger partial charge in [0, 0.05) is 30.9 Å². The summed E-state index contributed by atoms with van der Waals surface area (Å²) in [5, 5.41) is 6.05. The first-order chi connectivity index (χ1) is 12.0. The molecule has 25 heavy (non-hydrogen) atoms. The van der Waals surface area contributed by atoms with Crippen LogP contribution in [0.2, 0.25) is 0 Å². The van der Waals surface area contributed by atoms with Gasteiger partial charge in [-0.2, -0.15) is 0 Å². The van der Waals surface area contributed by atoms with E-state index in [1.165, 1.54) is 0 Å². The molecule has 136 valence electrons. The Bertz CT molecular complexity index is 609. The van der Waals surface area contributed by atoms with E-state index in [9.17, 15) is 9.59 Å². The average Bonchev–Trinajstić information content (AvgIpc) is 2.63. The van der Waals surface area contributed by atoms with Gasteiger partial charge in [0.1, 0.15) is 6.04 Å². The molecule has 6 heteroatoms. The lowest BCUT2D eigenvalue weighted by Gasteiger charge is -2.30. The second kappa shape index (κ2) is 7.97. The number of nitrogens with zero attached hydrogens (tertiary/aromatic N) is 1. The molecule has 0 saturated carbocycles. The van der Waals surface area contributed by atoms with Crippen molar-refractivity contribution in [2.24, 2.45) is 5.92 Å². The molecule has 2 atom stereocenters. The highest BCUT2D eigenvalue weighted by atomic mass is 16.5. The quantitative estimate of drug-likeness (QED) is 0.877. The summed E-state index contributed by atoms with van der Waals surface area (Å²) in [6, 6.07) is 6.78. The molecule has 6 nitrogen and oxygen atoms in total. The summed E-state index contributed by atoms with van der Waals surface area (Å²) in [6.07, 6.45) is 1.97. The summed E-state index contributed by atoms with van der Waals surface area (Å²) < 4.78 is 5.50. The zero-order valence-electron chi connectivity index (χ0n) is 15.0. The number of nitrogens with one attached hydrogen (secondary N) is 2. The minimum Gasteiger partial charge on any atom is -0.375 e. The Morgan fingerprint density at radius 1 is 1.16 bits per heavy atom. The first kappa shape index (κ1) is 17.9. The minimum atomic E-state index is -0.356. The normalized spacial score (nSPS) is 24.8. The van der Waals surface area contributed by atoms with Crippen LogP contribution in [-0.2, 0) is 9.53 Å². The van der Waals surface area contributed by atoms with Crippen molar-refractivity contribution in [2.75, 3.05) is 31.6 Å². The molecule has 2 aliphatic heterocycles. The van der Waals surface area contributed by atoms with E-state index < -0.39 is 0 Å². The predicted molar refractivity (Wildman–Crippen MR) is 96.6 cm³/mol. The fourth-order valence-corrected chi connectivity index (χ4v) is 3.34. The van der Waals surface area contributed by atoms with Gasteiger partial charge in [-0.05, 0) is 49.9 Å². The Kier molecular flexibility index (Phi) is 5.71. The highest BCUT2D eigenvalue weighted by molar-refractivity contribution is 5.97. The van der Waals surface area contributed by atoms with Gasteiger partial charge in [0.2, 0.25) is 5.91 Å². The number of hydrogen-bond acceptors (Lipinski definition) is 4. The Balaban J connectivity index is 1.58. The van der Waals surface area contributed by atoms with E-state index in [0.29, 0.717) is 30.3 Å². The van der Waals surface area contributed by atoms with Crippen molar-refractivity contribution >= 4 is 17.5 Å². The Hall–Kier alpha value is -1.92. The van der Waals surface area contributed by atoms with E-state index in [4.69, 9.17) is 4.74 Å². The second-order valence-corrected chi connectivity index (χ2v) is 7.05. The molecule has 0 spiro atoms. The lowest BCUT2D eigenvalue weighted by Crippen LogP contribution is -2.53. The molecule has 0 radical (unpaired) electrons. The van der Waals surface area contributed by atoms with Crippen molar-refractivity contribution in [3.63, 3.8) is 0 Å². The van der Waals surface area contributed by atoms with Crippen LogP contribution in [0.5, 0.6) is 0 Å². The number of benzene rings is 1. The zero-order chi connectivity index (χ0) is 17.8. The van der Waals surface area contributed by atoms with Crippen molar-refractivity contribution in [3.05, 3.63) is 29.8 Å². The maximum atomic E-state index is 12.5. The van der Waals surface area contributed by atoms with Crippen LogP contribution in [0, 0.1) is 5.92 Å². The zero-order valence-corrected chi connectivity index (χ0v) is 15.0. The number of hydrogen-bond donors (Lipinski definition) is 2. The third kappa shape index (κ3) is 4.38. The molecular formula is C19H27N3O3. The van der Waals surface area contributed by atoms with Gasteiger partial charge < -0.3 is 20.3 Å². The van der Waals surface area contributed by atoms with Crippen LogP contribution in [0.4, 0.5) is 5.69 Å². The third-order valence-electron chi connectivity index (χ3n) is 5.07. The molecule has 1 aromatic rings. The van der Waals surface area contributed by atoms with E-state index in [-0.39, 0.29) is 24.0 Å². The van der Waals surface area contributed by atoms with E-state index >= 15 is 0 Å². The number of carbonyl (C=O) groups is 2. The SMILES string of the molecule is CC1CCN(C(=O)c2ccc(NC(=O)[C@H]3NCCO[C@@H]3C)cc2)CC1. The minimum absolute atomic E-state index is 0.0701. The standard InChI is InChI=1S/C19H27N3O3/c1-13-7-10-22(11-8-13)19(24)15-3-5-16(6-4-15)21-18(23)17-14(2)25-12-9-20-17/h3-6,13-14,17,20H,7-12H2,1-2H3,(H,21,23)/t14-,17+/m1/s1. The Morgan fingerprint density at radius 2 is 1.84 bits per heavy atom. The largest absolute Gasteiger partial charge is 0.375 e. The van der Waals surface area contributed by atoms with Gasteiger partial charge in [-0.15, -0.1) is 0 Å². The van der Waals surface area contributed by atoms with Gasteiger partial charge in [-0.25, -0.2) is 0 Å². The van der Waals surface area contributed by atoms with E-state index in [0.717, 1.165) is 25.9 Å². The van der Waals surface area contributed by atoms with Gasteiger partial charge in [-0.1, -0.05) is 6.92 Å². The monoisotopic (exact) mass is 345 g/mol. The molecular weight excluding hydrogens is 318 g/mol. The van der Waals surface area contributed by atoms with Crippen LogP contribution >= 0.6 is 0 Å². The lowest BCUT2D eigenvalue weighted by molar-refractivity contribution is -0.123. The van der Waals surface area contributed by atoms with E-state index in [2.05, 4.69) is 17.6 Å².